The standard InChI is InChI=1S/C7H8.ClH2N/c1-7-5-3-2-4-6-7;1-2/h2-6H,1H3;2H2. The molecule has 50 valence electrons. The highest BCUT2D eigenvalue weighted by Crippen LogP contribution is 1.92. The smallest absolute Gasteiger partial charge is 0.0285 e. The molecule has 0 atom stereocenters. The zero-order valence-electron chi connectivity index (χ0n) is 5.34. The van der Waals surface area contributed by atoms with Crippen molar-refractivity contribution in [1.82, 2.24) is 0 Å². The molecule has 1 rings (SSSR count). The van der Waals surface area contributed by atoms with E-state index in [2.05, 4.69) is 36.1 Å². The first kappa shape index (κ1) is 8.47. The maximum absolute atomic E-state index is 4.14. The number of hydrogen-bond acceptors (Lipinski definition) is 1. The molecule has 1 aromatic carbocycles. The zero-order valence-corrected chi connectivity index (χ0v) is 6.10. The summed E-state index contributed by atoms with van der Waals surface area (Å²) in [6.07, 6.45) is 0. The van der Waals surface area contributed by atoms with E-state index in [1.54, 1.807) is 0 Å². The normalized spacial score (nSPS) is 7.44. The molecule has 0 aromatic heterocycles. The summed E-state index contributed by atoms with van der Waals surface area (Å²) in [6, 6.07) is 10.3. The van der Waals surface area contributed by atoms with Gasteiger partial charge in [0.25, 0.3) is 0 Å². The molecule has 0 aliphatic heterocycles. The second kappa shape index (κ2) is 5.60. The summed E-state index contributed by atoms with van der Waals surface area (Å²) in [4.78, 5) is 0. The average Bonchev–Trinajstić information content (AvgIpc) is 1.94. The van der Waals surface area contributed by atoms with E-state index in [-0.39, 0.29) is 0 Å². The number of benzene rings is 1. The number of hydrogen-bond donors (Lipinski definition) is 1. The molecule has 0 spiro atoms. The number of rotatable bonds is 0. The van der Waals surface area contributed by atoms with Gasteiger partial charge in [-0.1, -0.05) is 35.9 Å². The third-order valence-corrected chi connectivity index (χ3v) is 0.940. The summed E-state index contributed by atoms with van der Waals surface area (Å²) >= 11 is 4.14. The molecule has 1 nitrogen and oxygen atoms in total. The quantitative estimate of drug-likeness (QED) is 0.553. The first-order valence-corrected chi connectivity index (χ1v) is 3.07. The van der Waals surface area contributed by atoms with E-state index in [1.807, 2.05) is 18.2 Å². The minimum Gasteiger partial charge on any atom is -0.247 e. The second-order valence-corrected chi connectivity index (χ2v) is 1.65. The van der Waals surface area contributed by atoms with Crippen LogP contribution in [0.5, 0.6) is 0 Å². The Morgan fingerprint density at radius 2 is 1.56 bits per heavy atom. The molecule has 1 aromatic rings. The van der Waals surface area contributed by atoms with Gasteiger partial charge in [0.05, 0.1) is 0 Å². The maximum atomic E-state index is 4.14. The number of nitrogens with two attached hydrogens (primary N) is 1. The molecule has 0 bridgehead atoms. The third-order valence-electron chi connectivity index (χ3n) is 0.940. The van der Waals surface area contributed by atoms with Crippen LogP contribution in [0.15, 0.2) is 30.3 Å². The van der Waals surface area contributed by atoms with E-state index < -0.39 is 0 Å². The molecule has 0 saturated carbocycles. The van der Waals surface area contributed by atoms with Crippen molar-refractivity contribution in [2.75, 3.05) is 0 Å². The Labute approximate surface area is 60.6 Å². The monoisotopic (exact) mass is 143 g/mol. The molecule has 0 aliphatic carbocycles. The number of halogens is 1. The van der Waals surface area contributed by atoms with Crippen molar-refractivity contribution < 1.29 is 0 Å². The van der Waals surface area contributed by atoms with Gasteiger partial charge >= 0.3 is 0 Å². The summed E-state index contributed by atoms with van der Waals surface area (Å²) in [5, 5.41) is 3.97. The lowest BCUT2D eigenvalue weighted by Crippen LogP contribution is -1.62. The average molecular weight is 144 g/mol. The van der Waals surface area contributed by atoms with Gasteiger partial charge in [0.1, 0.15) is 0 Å². The Morgan fingerprint density at radius 1 is 1.11 bits per heavy atom. The summed E-state index contributed by atoms with van der Waals surface area (Å²) in [5.74, 6) is 0. The van der Waals surface area contributed by atoms with Crippen LogP contribution in [-0.4, -0.2) is 0 Å². The van der Waals surface area contributed by atoms with Gasteiger partial charge < -0.3 is 0 Å². The molecule has 0 saturated heterocycles. The van der Waals surface area contributed by atoms with Crippen molar-refractivity contribution in [3.63, 3.8) is 0 Å². The van der Waals surface area contributed by atoms with Gasteiger partial charge in [0.15, 0.2) is 0 Å². The molecule has 0 aliphatic rings. The number of aryl methyl sites for hydroxylation is 1. The van der Waals surface area contributed by atoms with Crippen molar-refractivity contribution >= 4 is 11.8 Å². The van der Waals surface area contributed by atoms with Gasteiger partial charge in [-0.3, -0.25) is 0 Å². The van der Waals surface area contributed by atoms with Gasteiger partial charge in [0, 0.05) is 0 Å². The Hall–Kier alpha value is -0.530. The fourth-order valence-corrected chi connectivity index (χ4v) is 0.534. The molecule has 0 heterocycles. The van der Waals surface area contributed by atoms with Crippen LogP contribution in [0.25, 0.3) is 0 Å². The largest absolute Gasteiger partial charge is 0.247 e. The van der Waals surface area contributed by atoms with Crippen molar-refractivity contribution in [1.29, 1.82) is 0 Å². The topological polar surface area (TPSA) is 26.0 Å². The second-order valence-electron chi connectivity index (χ2n) is 1.65. The molecule has 0 amide bonds. The Balaban J connectivity index is 0.000000291. The highest BCUT2D eigenvalue weighted by atomic mass is 35.5. The first-order chi connectivity index (χ1) is 4.39. The predicted octanol–water partition coefficient (Wildman–Crippen LogP) is 2.09. The minimum atomic E-state index is 1.32. The van der Waals surface area contributed by atoms with Crippen LogP contribution in [0.1, 0.15) is 5.56 Å². The van der Waals surface area contributed by atoms with Crippen LogP contribution in [0.4, 0.5) is 0 Å². The summed E-state index contributed by atoms with van der Waals surface area (Å²) < 4.78 is 0. The van der Waals surface area contributed by atoms with E-state index in [1.165, 1.54) is 5.56 Å². The van der Waals surface area contributed by atoms with Crippen molar-refractivity contribution in [3.05, 3.63) is 35.9 Å². The Morgan fingerprint density at radius 3 is 1.78 bits per heavy atom. The van der Waals surface area contributed by atoms with Crippen LogP contribution in [-0.2, 0) is 0 Å². The van der Waals surface area contributed by atoms with Gasteiger partial charge in [-0.25, -0.2) is 5.25 Å². The molecule has 9 heavy (non-hydrogen) atoms. The molecular formula is C7H10ClN. The van der Waals surface area contributed by atoms with E-state index in [0.717, 1.165) is 0 Å². The molecule has 2 heteroatoms. The van der Waals surface area contributed by atoms with Crippen LogP contribution in [0, 0.1) is 6.92 Å². The van der Waals surface area contributed by atoms with Crippen molar-refractivity contribution in [2.45, 2.75) is 6.92 Å². The molecular weight excluding hydrogens is 134 g/mol. The van der Waals surface area contributed by atoms with E-state index in [0.29, 0.717) is 0 Å². The summed E-state index contributed by atoms with van der Waals surface area (Å²) in [6.45, 7) is 2.08. The lowest BCUT2D eigenvalue weighted by Gasteiger charge is -1.82. The summed E-state index contributed by atoms with van der Waals surface area (Å²) in [5.41, 5.74) is 1.32. The zero-order chi connectivity index (χ0) is 7.11. The fourth-order valence-electron chi connectivity index (χ4n) is 0.534. The van der Waals surface area contributed by atoms with Crippen LogP contribution in [0.2, 0.25) is 0 Å². The van der Waals surface area contributed by atoms with Crippen LogP contribution < -0.4 is 5.25 Å². The SMILES string of the molecule is Cc1ccccc1.NCl. The van der Waals surface area contributed by atoms with Gasteiger partial charge in [-0.05, 0) is 18.7 Å². The fraction of sp³-hybridized carbons (Fsp3) is 0.143. The predicted molar refractivity (Wildman–Crippen MR) is 41.2 cm³/mol. The van der Waals surface area contributed by atoms with Crippen LogP contribution >= 0.6 is 11.8 Å². The van der Waals surface area contributed by atoms with E-state index in [4.69, 9.17) is 0 Å². The molecule has 0 radical (unpaired) electrons. The van der Waals surface area contributed by atoms with Gasteiger partial charge in [-0.15, -0.1) is 0 Å². The lowest BCUT2D eigenvalue weighted by molar-refractivity contribution is 1.48. The maximum Gasteiger partial charge on any atom is -0.0285 e. The highest BCUT2D eigenvalue weighted by molar-refractivity contribution is 6.11. The van der Waals surface area contributed by atoms with Crippen molar-refractivity contribution in [2.24, 2.45) is 5.25 Å². The lowest BCUT2D eigenvalue weighted by atomic mass is 10.2. The minimum absolute atomic E-state index is 1.32. The van der Waals surface area contributed by atoms with Crippen molar-refractivity contribution in [3.8, 4) is 0 Å². The van der Waals surface area contributed by atoms with E-state index in [9.17, 15) is 0 Å². The van der Waals surface area contributed by atoms with E-state index >= 15 is 0 Å². The van der Waals surface area contributed by atoms with Crippen LogP contribution in [0.3, 0.4) is 0 Å². The first-order valence-electron chi connectivity index (χ1n) is 2.63. The summed E-state index contributed by atoms with van der Waals surface area (Å²) in [7, 11) is 0. The molecule has 2 N–H and O–H groups in total. The Kier molecular flexibility index (Phi) is 5.27. The molecule has 0 fully saturated rings. The Bertz CT molecular complexity index is 139. The van der Waals surface area contributed by atoms with Gasteiger partial charge in [0.2, 0.25) is 0 Å². The molecule has 0 unspecified atom stereocenters. The third kappa shape index (κ3) is 4.01. The van der Waals surface area contributed by atoms with Gasteiger partial charge in [-0.2, -0.15) is 0 Å². The highest BCUT2D eigenvalue weighted by Gasteiger charge is 1.72.